The molecule has 1 saturated heterocycles. The Morgan fingerprint density at radius 1 is 1.02 bits per heavy atom. The zero-order valence-electron chi connectivity index (χ0n) is 22.9. The van der Waals surface area contributed by atoms with Crippen molar-refractivity contribution in [3.63, 3.8) is 0 Å². The van der Waals surface area contributed by atoms with Crippen LogP contribution in [-0.4, -0.2) is 84.7 Å². The predicted octanol–water partition coefficient (Wildman–Crippen LogP) is 3.96. The Morgan fingerprint density at radius 2 is 1.75 bits per heavy atom. The molecule has 0 unspecified atom stereocenters. The number of nitrogens with one attached hydrogen (secondary N) is 2. The maximum absolute atomic E-state index is 12.7. The summed E-state index contributed by atoms with van der Waals surface area (Å²) in [6.45, 7) is 4.72. The third-order valence-electron chi connectivity index (χ3n) is 6.50. The Kier molecular flexibility index (Phi) is 9.05. The van der Waals surface area contributed by atoms with Crippen molar-refractivity contribution in [2.45, 2.75) is 13.3 Å². The summed E-state index contributed by atoms with van der Waals surface area (Å²) in [5.41, 5.74) is 2.21. The average molecular weight is 566 g/mol. The van der Waals surface area contributed by atoms with Gasteiger partial charge >= 0.3 is 0 Å². The van der Waals surface area contributed by atoms with E-state index in [9.17, 15) is 14.4 Å². The van der Waals surface area contributed by atoms with Crippen LogP contribution in [0.3, 0.4) is 0 Å². The number of carbonyl (C=O) groups is 3. The molecule has 1 aromatic heterocycles. The molecule has 0 atom stereocenters. The molecule has 40 heavy (non-hydrogen) atoms. The molecule has 210 valence electrons. The highest BCUT2D eigenvalue weighted by molar-refractivity contribution is 6.43. The number of aromatic nitrogens is 2. The van der Waals surface area contributed by atoms with Crippen molar-refractivity contribution in [1.82, 2.24) is 19.8 Å². The highest BCUT2D eigenvalue weighted by Crippen LogP contribution is 2.33. The lowest BCUT2D eigenvalue weighted by atomic mass is 10.1. The summed E-state index contributed by atoms with van der Waals surface area (Å²) in [4.78, 5) is 51.1. The SMILES string of the molecule is CCC(=O)N1CCN(c2ccc(Nc3ncc(Cl)c(Nc4ccccc4C(=O)C(=O)N(C)C)n3)c(OC)c2)CC1. The van der Waals surface area contributed by atoms with Gasteiger partial charge in [0.2, 0.25) is 11.9 Å². The van der Waals surface area contributed by atoms with Crippen molar-refractivity contribution >= 4 is 58.0 Å². The molecule has 2 amide bonds. The lowest BCUT2D eigenvalue weighted by molar-refractivity contribution is -0.131. The Labute approximate surface area is 238 Å². The predicted molar refractivity (Wildman–Crippen MR) is 155 cm³/mol. The first-order valence-corrected chi connectivity index (χ1v) is 13.2. The molecule has 0 bridgehead atoms. The third-order valence-corrected chi connectivity index (χ3v) is 6.78. The number of hydrogen-bond donors (Lipinski definition) is 2. The fraction of sp³-hybridized carbons (Fsp3) is 0.321. The highest BCUT2D eigenvalue weighted by Gasteiger charge is 2.23. The lowest BCUT2D eigenvalue weighted by Gasteiger charge is -2.36. The van der Waals surface area contributed by atoms with E-state index in [1.54, 1.807) is 31.4 Å². The standard InChI is InChI=1S/C28H32ClN7O4/c1-5-24(37)36-14-12-35(13-15-36)18-10-11-22(23(16-18)40-4)32-28-30-17-20(29)26(33-28)31-21-9-7-6-8-19(21)25(38)27(39)34(2)3/h6-11,16-17H,5,12-15H2,1-4H3,(H2,30,31,32,33). The van der Waals surface area contributed by atoms with Gasteiger partial charge in [0.15, 0.2) is 5.82 Å². The van der Waals surface area contributed by atoms with Gasteiger partial charge in [-0.3, -0.25) is 14.4 Å². The highest BCUT2D eigenvalue weighted by atomic mass is 35.5. The number of ketones is 1. The smallest absolute Gasteiger partial charge is 0.294 e. The Bertz CT molecular complexity index is 1410. The summed E-state index contributed by atoms with van der Waals surface area (Å²) in [5.74, 6) is -0.0248. The second-order valence-electron chi connectivity index (χ2n) is 9.32. The van der Waals surface area contributed by atoms with Crippen LogP contribution in [0.2, 0.25) is 5.02 Å². The number of benzene rings is 2. The minimum atomic E-state index is -0.653. The fourth-order valence-corrected chi connectivity index (χ4v) is 4.43. The molecular formula is C28H32ClN7O4. The minimum absolute atomic E-state index is 0.172. The van der Waals surface area contributed by atoms with E-state index >= 15 is 0 Å². The maximum Gasteiger partial charge on any atom is 0.294 e. The van der Waals surface area contributed by atoms with Gasteiger partial charge in [-0.25, -0.2) is 4.98 Å². The number of halogens is 1. The van der Waals surface area contributed by atoms with Crippen molar-refractivity contribution < 1.29 is 19.1 Å². The maximum atomic E-state index is 12.7. The van der Waals surface area contributed by atoms with Gasteiger partial charge < -0.3 is 30.1 Å². The number of anilines is 5. The lowest BCUT2D eigenvalue weighted by Crippen LogP contribution is -2.48. The molecule has 3 aromatic rings. The van der Waals surface area contributed by atoms with Crippen LogP contribution in [0.5, 0.6) is 5.75 Å². The molecule has 2 heterocycles. The molecule has 0 spiro atoms. The van der Waals surface area contributed by atoms with E-state index in [0.29, 0.717) is 36.6 Å². The number of Topliss-reactive ketones (excluding diaryl/α,β-unsaturated/α-hetero) is 1. The van der Waals surface area contributed by atoms with Gasteiger partial charge in [0, 0.05) is 58.4 Å². The van der Waals surface area contributed by atoms with Gasteiger partial charge in [0.25, 0.3) is 11.7 Å². The summed E-state index contributed by atoms with van der Waals surface area (Å²) in [6.07, 6.45) is 1.95. The van der Waals surface area contributed by atoms with Crippen LogP contribution in [-0.2, 0) is 9.59 Å². The average Bonchev–Trinajstić information content (AvgIpc) is 2.98. The van der Waals surface area contributed by atoms with Crippen LogP contribution in [0.4, 0.5) is 28.8 Å². The first kappa shape index (κ1) is 28.6. The van der Waals surface area contributed by atoms with E-state index in [1.165, 1.54) is 25.2 Å². The molecule has 2 N–H and O–H groups in total. The first-order valence-electron chi connectivity index (χ1n) is 12.8. The van der Waals surface area contributed by atoms with Crippen molar-refractivity contribution in [2.75, 3.05) is 62.9 Å². The molecular weight excluding hydrogens is 534 g/mol. The van der Waals surface area contributed by atoms with E-state index in [-0.39, 0.29) is 28.3 Å². The van der Waals surface area contributed by atoms with E-state index in [0.717, 1.165) is 18.8 Å². The van der Waals surface area contributed by atoms with E-state index in [1.807, 2.05) is 30.0 Å². The van der Waals surface area contributed by atoms with Crippen molar-refractivity contribution in [3.05, 3.63) is 59.2 Å². The van der Waals surface area contributed by atoms with Gasteiger partial charge in [-0.2, -0.15) is 4.98 Å². The van der Waals surface area contributed by atoms with Gasteiger partial charge in [-0.05, 0) is 24.3 Å². The Morgan fingerprint density at radius 3 is 2.42 bits per heavy atom. The second kappa shape index (κ2) is 12.6. The summed E-state index contributed by atoms with van der Waals surface area (Å²) in [5, 5.41) is 6.45. The number of piperazine rings is 1. The number of ether oxygens (including phenoxy) is 1. The first-order chi connectivity index (χ1) is 19.2. The van der Waals surface area contributed by atoms with Crippen LogP contribution in [0.25, 0.3) is 0 Å². The molecule has 2 aromatic carbocycles. The molecule has 12 heteroatoms. The fourth-order valence-electron chi connectivity index (χ4n) is 4.29. The van der Waals surface area contributed by atoms with E-state index in [2.05, 4.69) is 25.5 Å². The largest absolute Gasteiger partial charge is 0.494 e. The Balaban J connectivity index is 1.52. The van der Waals surface area contributed by atoms with Crippen LogP contribution >= 0.6 is 11.6 Å². The normalized spacial score (nSPS) is 13.0. The van der Waals surface area contributed by atoms with Crippen LogP contribution < -0.4 is 20.3 Å². The number of hydrogen-bond acceptors (Lipinski definition) is 9. The van der Waals surface area contributed by atoms with Gasteiger partial charge in [-0.1, -0.05) is 30.7 Å². The number of rotatable bonds is 9. The van der Waals surface area contributed by atoms with Crippen molar-refractivity contribution in [1.29, 1.82) is 0 Å². The van der Waals surface area contributed by atoms with Crippen molar-refractivity contribution in [2.24, 2.45) is 0 Å². The molecule has 11 nitrogen and oxygen atoms in total. The summed E-state index contributed by atoms with van der Waals surface area (Å²) >= 11 is 6.37. The van der Waals surface area contributed by atoms with Crippen molar-refractivity contribution in [3.8, 4) is 5.75 Å². The molecule has 0 saturated carbocycles. The number of likely N-dealkylation sites (N-methyl/N-ethyl adjacent to an activating group) is 1. The number of carbonyl (C=O) groups excluding carboxylic acids is 3. The quantitative estimate of drug-likeness (QED) is 0.293. The second-order valence-corrected chi connectivity index (χ2v) is 9.73. The zero-order valence-corrected chi connectivity index (χ0v) is 23.7. The zero-order chi connectivity index (χ0) is 28.8. The minimum Gasteiger partial charge on any atom is -0.494 e. The van der Waals surface area contributed by atoms with E-state index in [4.69, 9.17) is 16.3 Å². The van der Waals surface area contributed by atoms with E-state index < -0.39 is 11.7 Å². The number of methoxy groups -OCH3 is 1. The summed E-state index contributed by atoms with van der Waals surface area (Å²) in [6, 6.07) is 12.4. The van der Waals surface area contributed by atoms with Crippen LogP contribution in [0, 0.1) is 0 Å². The summed E-state index contributed by atoms with van der Waals surface area (Å²) < 4.78 is 5.63. The molecule has 1 aliphatic rings. The number of para-hydroxylation sites is 1. The number of nitrogens with zero attached hydrogens (tertiary/aromatic N) is 5. The third kappa shape index (κ3) is 6.42. The van der Waals surface area contributed by atoms with Gasteiger partial charge in [-0.15, -0.1) is 0 Å². The van der Waals surface area contributed by atoms with Crippen LogP contribution in [0.15, 0.2) is 48.7 Å². The monoisotopic (exact) mass is 565 g/mol. The molecule has 1 fully saturated rings. The topological polar surface area (TPSA) is 120 Å². The van der Waals surface area contributed by atoms with Gasteiger partial charge in [0.05, 0.1) is 30.2 Å². The molecule has 0 aliphatic carbocycles. The molecule has 1 aliphatic heterocycles. The van der Waals surface area contributed by atoms with Crippen LogP contribution in [0.1, 0.15) is 23.7 Å². The molecule has 0 radical (unpaired) electrons. The molecule has 4 rings (SSSR count). The van der Waals surface area contributed by atoms with Gasteiger partial charge in [0.1, 0.15) is 10.8 Å². The Hall–Kier alpha value is -4.38. The summed E-state index contributed by atoms with van der Waals surface area (Å²) in [7, 11) is 4.62. The number of amides is 2.